The molecule has 10 nitrogen and oxygen atoms in total. The molecule has 42 heavy (non-hydrogen) atoms. The first-order valence-electron chi connectivity index (χ1n) is 13.4. The highest BCUT2D eigenvalue weighted by atomic mass is 32.2. The van der Waals surface area contributed by atoms with Crippen LogP contribution in [0.15, 0.2) is 70.6 Å². The summed E-state index contributed by atoms with van der Waals surface area (Å²) in [5.41, 5.74) is 2.55. The second kappa shape index (κ2) is 13.5. The zero-order valence-corrected chi connectivity index (χ0v) is 25.1. The third kappa shape index (κ3) is 6.75. The van der Waals surface area contributed by atoms with Crippen molar-refractivity contribution < 1.29 is 27.4 Å². The van der Waals surface area contributed by atoms with Crippen LogP contribution in [0, 0.1) is 0 Å². The highest BCUT2D eigenvalue weighted by Crippen LogP contribution is 2.32. The Morgan fingerprint density at radius 2 is 1.71 bits per heavy atom. The Balaban J connectivity index is 1.45. The van der Waals surface area contributed by atoms with Gasteiger partial charge in [-0.1, -0.05) is 30.4 Å². The minimum absolute atomic E-state index is 0.00245. The van der Waals surface area contributed by atoms with Crippen LogP contribution in [0.4, 0.5) is 11.4 Å². The van der Waals surface area contributed by atoms with Gasteiger partial charge in [-0.05, 0) is 37.9 Å². The molecule has 1 fully saturated rings. The smallest absolute Gasteiger partial charge is 0.264 e. The number of sulfonamides is 1. The Bertz CT molecular complexity index is 1580. The van der Waals surface area contributed by atoms with Gasteiger partial charge in [0.15, 0.2) is 0 Å². The summed E-state index contributed by atoms with van der Waals surface area (Å²) in [7, 11) is 0.697. The SMILES string of the molecule is C=Nc1c(/C=C\C)cccc1S(=O)(=O)Nc1ccc(C(=O)N2CCN(Cc3ccc(OC)cc3OC)CC2)c(OC)c1. The second-order valence-electron chi connectivity index (χ2n) is 9.62. The number of para-hydroxylation sites is 1. The monoisotopic (exact) mass is 592 g/mol. The van der Waals surface area contributed by atoms with E-state index in [1.807, 2.05) is 25.1 Å². The molecular formula is C31H36N4O6S. The van der Waals surface area contributed by atoms with E-state index in [0.29, 0.717) is 43.9 Å². The van der Waals surface area contributed by atoms with E-state index in [4.69, 9.17) is 14.2 Å². The Kier molecular flexibility index (Phi) is 9.87. The van der Waals surface area contributed by atoms with Gasteiger partial charge in [0, 0.05) is 56.0 Å². The molecule has 1 amide bonds. The van der Waals surface area contributed by atoms with Crippen molar-refractivity contribution in [1.82, 2.24) is 9.80 Å². The zero-order valence-electron chi connectivity index (χ0n) is 24.3. The predicted molar refractivity (Wildman–Crippen MR) is 165 cm³/mol. The van der Waals surface area contributed by atoms with E-state index in [1.165, 1.54) is 19.2 Å². The van der Waals surface area contributed by atoms with Crippen LogP contribution in [-0.2, 0) is 16.6 Å². The number of benzene rings is 3. The number of ether oxygens (including phenoxy) is 3. The van der Waals surface area contributed by atoms with Gasteiger partial charge in [0.05, 0.1) is 38.3 Å². The molecule has 0 spiro atoms. The maximum absolute atomic E-state index is 13.4. The number of allylic oxidation sites excluding steroid dienone is 1. The highest BCUT2D eigenvalue weighted by molar-refractivity contribution is 7.92. The quantitative estimate of drug-likeness (QED) is 0.318. The Hall–Kier alpha value is -4.35. The van der Waals surface area contributed by atoms with Gasteiger partial charge in [0.25, 0.3) is 15.9 Å². The molecule has 1 N–H and O–H groups in total. The molecule has 11 heteroatoms. The van der Waals surface area contributed by atoms with E-state index in [-0.39, 0.29) is 27.9 Å². The summed E-state index contributed by atoms with van der Waals surface area (Å²) in [5.74, 6) is 1.59. The van der Waals surface area contributed by atoms with Crippen molar-refractivity contribution in [2.75, 3.05) is 52.2 Å². The summed E-state index contributed by atoms with van der Waals surface area (Å²) in [5, 5.41) is 0. The fourth-order valence-electron chi connectivity index (χ4n) is 4.88. The number of amides is 1. The van der Waals surface area contributed by atoms with E-state index in [2.05, 4.69) is 21.3 Å². The van der Waals surface area contributed by atoms with Crippen LogP contribution in [-0.4, -0.2) is 78.4 Å². The lowest BCUT2D eigenvalue weighted by molar-refractivity contribution is 0.0624. The number of methoxy groups -OCH3 is 3. The third-order valence-electron chi connectivity index (χ3n) is 7.06. The van der Waals surface area contributed by atoms with Gasteiger partial charge in [-0.15, -0.1) is 0 Å². The van der Waals surface area contributed by atoms with E-state index < -0.39 is 10.0 Å². The topological polar surface area (TPSA) is 110 Å². The van der Waals surface area contributed by atoms with E-state index in [1.54, 1.807) is 55.5 Å². The number of nitrogens with one attached hydrogen (secondary N) is 1. The van der Waals surface area contributed by atoms with Gasteiger partial charge in [0.2, 0.25) is 0 Å². The first-order chi connectivity index (χ1) is 20.2. The molecule has 0 aromatic heterocycles. The lowest BCUT2D eigenvalue weighted by Crippen LogP contribution is -2.48. The summed E-state index contributed by atoms with van der Waals surface area (Å²) in [4.78, 5) is 21.4. The number of aliphatic imine (C=N–C) groups is 1. The van der Waals surface area contributed by atoms with Gasteiger partial charge in [-0.3, -0.25) is 19.4 Å². The largest absolute Gasteiger partial charge is 0.497 e. The standard InChI is InChI=1S/C31H36N4O6S/c1-6-8-22-9-7-10-29(30(22)32-2)42(37,38)33-24-12-14-26(28(19-24)41-5)31(36)35-17-15-34(16-18-35)21-23-11-13-25(39-3)20-27(23)40-4/h6-14,19-20,33H,2,15-18,21H2,1,3-5H3/b8-6-. The second-order valence-corrected chi connectivity index (χ2v) is 11.3. The molecule has 1 aliphatic rings. The van der Waals surface area contributed by atoms with Crippen molar-refractivity contribution in [2.24, 2.45) is 4.99 Å². The minimum atomic E-state index is -4.01. The highest BCUT2D eigenvalue weighted by Gasteiger charge is 2.26. The van der Waals surface area contributed by atoms with Gasteiger partial charge in [-0.25, -0.2) is 8.42 Å². The molecule has 1 heterocycles. The van der Waals surface area contributed by atoms with Crippen LogP contribution in [0.5, 0.6) is 17.2 Å². The maximum Gasteiger partial charge on any atom is 0.264 e. The average molecular weight is 593 g/mol. The van der Waals surface area contributed by atoms with Gasteiger partial charge in [-0.2, -0.15) is 0 Å². The van der Waals surface area contributed by atoms with Gasteiger partial charge < -0.3 is 19.1 Å². The Morgan fingerprint density at radius 3 is 2.36 bits per heavy atom. The molecule has 3 aromatic rings. The summed E-state index contributed by atoms with van der Waals surface area (Å²) in [6.07, 6.45) is 3.56. The van der Waals surface area contributed by atoms with Crippen molar-refractivity contribution in [3.63, 3.8) is 0 Å². The number of rotatable bonds is 11. The number of nitrogens with zero attached hydrogens (tertiary/aromatic N) is 3. The molecule has 0 unspecified atom stereocenters. The van der Waals surface area contributed by atoms with Crippen LogP contribution in [0.1, 0.15) is 28.4 Å². The third-order valence-corrected chi connectivity index (χ3v) is 8.47. The normalized spacial score (nSPS) is 14.0. The molecule has 1 saturated heterocycles. The maximum atomic E-state index is 13.4. The summed E-state index contributed by atoms with van der Waals surface area (Å²) < 4.78 is 45.5. The molecule has 0 atom stereocenters. The predicted octanol–water partition coefficient (Wildman–Crippen LogP) is 4.84. The van der Waals surface area contributed by atoms with Crippen LogP contribution >= 0.6 is 0 Å². The van der Waals surface area contributed by atoms with Crippen LogP contribution < -0.4 is 18.9 Å². The Labute approximate surface area is 247 Å². The average Bonchev–Trinajstić information content (AvgIpc) is 3.01. The van der Waals surface area contributed by atoms with Crippen molar-refractivity contribution in [3.05, 3.63) is 77.4 Å². The minimum Gasteiger partial charge on any atom is -0.497 e. The van der Waals surface area contributed by atoms with Crippen molar-refractivity contribution in [2.45, 2.75) is 18.4 Å². The number of piperazine rings is 1. The van der Waals surface area contributed by atoms with Crippen molar-refractivity contribution >= 4 is 40.1 Å². The lowest BCUT2D eigenvalue weighted by Gasteiger charge is -2.35. The lowest BCUT2D eigenvalue weighted by atomic mass is 10.1. The fourth-order valence-corrected chi connectivity index (χ4v) is 6.13. The molecule has 0 aliphatic carbocycles. The first kappa shape index (κ1) is 30.6. The summed E-state index contributed by atoms with van der Waals surface area (Å²) >= 11 is 0. The van der Waals surface area contributed by atoms with Crippen LogP contribution in [0.3, 0.4) is 0 Å². The molecular weight excluding hydrogens is 556 g/mol. The zero-order chi connectivity index (χ0) is 30.3. The molecule has 4 rings (SSSR count). The molecule has 0 saturated carbocycles. The summed E-state index contributed by atoms with van der Waals surface area (Å²) in [6.45, 7) is 8.52. The first-order valence-corrected chi connectivity index (χ1v) is 14.9. The van der Waals surface area contributed by atoms with E-state index >= 15 is 0 Å². The molecule has 222 valence electrons. The van der Waals surface area contributed by atoms with Crippen molar-refractivity contribution in [3.8, 4) is 17.2 Å². The number of hydrogen-bond acceptors (Lipinski definition) is 8. The fraction of sp³-hybridized carbons (Fsp3) is 0.290. The van der Waals surface area contributed by atoms with Gasteiger partial charge >= 0.3 is 0 Å². The van der Waals surface area contributed by atoms with Crippen LogP contribution in [0.2, 0.25) is 0 Å². The number of carbonyl (C=O) groups is 1. The van der Waals surface area contributed by atoms with E-state index in [9.17, 15) is 13.2 Å². The Morgan fingerprint density at radius 1 is 0.976 bits per heavy atom. The number of carbonyl (C=O) groups excluding carboxylic acids is 1. The summed E-state index contributed by atoms with van der Waals surface area (Å²) in [6, 6.07) is 15.3. The molecule has 0 bridgehead atoms. The molecule has 0 radical (unpaired) electrons. The van der Waals surface area contributed by atoms with Crippen LogP contribution in [0.25, 0.3) is 6.08 Å². The number of anilines is 1. The molecule has 3 aromatic carbocycles. The van der Waals surface area contributed by atoms with E-state index in [0.717, 1.165) is 17.1 Å². The molecule has 1 aliphatic heterocycles. The van der Waals surface area contributed by atoms with Crippen molar-refractivity contribution in [1.29, 1.82) is 0 Å². The van der Waals surface area contributed by atoms with Gasteiger partial charge in [0.1, 0.15) is 22.1 Å². The number of hydrogen-bond donors (Lipinski definition) is 1.